The Labute approximate surface area is 107 Å². The fourth-order valence-electron chi connectivity index (χ4n) is 2.57. The van der Waals surface area contributed by atoms with Crippen LogP contribution in [-0.4, -0.2) is 9.52 Å². The molecule has 0 saturated carbocycles. The van der Waals surface area contributed by atoms with Gasteiger partial charge in [0.2, 0.25) is 0 Å². The van der Waals surface area contributed by atoms with Crippen molar-refractivity contribution in [1.29, 1.82) is 0 Å². The van der Waals surface area contributed by atoms with Gasteiger partial charge in [0.05, 0.1) is 9.52 Å². The van der Waals surface area contributed by atoms with Crippen molar-refractivity contribution >= 4 is 14.7 Å². The predicted octanol–water partition coefficient (Wildman–Crippen LogP) is 2.97. The van der Waals surface area contributed by atoms with Crippen molar-refractivity contribution in [1.82, 2.24) is 0 Å². The van der Waals surface area contributed by atoms with Gasteiger partial charge in [-0.15, -0.1) is 0 Å². The standard InChI is InChI=1S/C16H22Si/c1-11(2)14-8-6-10-16(14)17-15-9-5-7-12(3)13(15)4/h5-9,11H,10,17H2,1-4H3. The average Bonchev–Trinajstić information content (AvgIpc) is 2.73. The van der Waals surface area contributed by atoms with Crippen molar-refractivity contribution in [2.45, 2.75) is 34.1 Å². The summed E-state index contributed by atoms with van der Waals surface area (Å²) in [4.78, 5) is 0. The minimum atomic E-state index is -0.258. The van der Waals surface area contributed by atoms with Crippen LogP contribution in [0.25, 0.3) is 0 Å². The summed E-state index contributed by atoms with van der Waals surface area (Å²) in [6, 6.07) is 6.76. The molecule has 0 nitrogen and oxygen atoms in total. The first kappa shape index (κ1) is 12.4. The minimum absolute atomic E-state index is 0.258. The van der Waals surface area contributed by atoms with Gasteiger partial charge in [-0.05, 0) is 37.3 Å². The topological polar surface area (TPSA) is 0 Å². The molecule has 1 aliphatic rings. The summed E-state index contributed by atoms with van der Waals surface area (Å²) in [6.45, 7) is 9.11. The van der Waals surface area contributed by atoms with E-state index in [1.165, 1.54) is 17.5 Å². The van der Waals surface area contributed by atoms with Gasteiger partial charge in [-0.2, -0.15) is 0 Å². The fraction of sp³-hybridized carbons (Fsp3) is 0.375. The lowest BCUT2D eigenvalue weighted by atomic mass is 10.1. The number of rotatable bonds is 3. The van der Waals surface area contributed by atoms with Gasteiger partial charge in [-0.3, -0.25) is 0 Å². The maximum absolute atomic E-state index is 2.35. The molecule has 0 heterocycles. The maximum atomic E-state index is 2.35. The molecule has 1 aromatic carbocycles. The van der Waals surface area contributed by atoms with Crippen LogP contribution in [0, 0.1) is 19.8 Å². The van der Waals surface area contributed by atoms with E-state index in [4.69, 9.17) is 0 Å². The van der Waals surface area contributed by atoms with Crippen molar-refractivity contribution < 1.29 is 0 Å². The molecule has 0 unspecified atom stereocenters. The highest BCUT2D eigenvalue weighted by molar-refractivity contribution is 6.62. The quantitative estimate of drug-likeness (QED) is 0.715. The Bertz CT molecular complexity index is 478. The van der Waals surface area contributed by atoms with Crippen LogP contribution in [0.5, 0.6) is 0 Å². The lowest BCUT2D eigenvalue weighted by Gasteiger charge is -2.13. The van der Waals surface area contributed by atoms with Crippen LogP contribution in [0.3, 0.4) is 0 Å². The Morgan fingerprint density at radius 2 is 1.94 bits per heavy atom. The highest BCUT2D eigenvalue weighted by Crippen LogP contribution is 2.24. The van der Waals surface area contributed by atoms with Crippen LogP contribution in [0.4, 0.5) is 0 Å². The summed E-state index contributed by atoms with van der Waals surface area (Å²) >= 11 is 0. The van der Waals surface area contributed by atoms with Crippen LogP contribution in [0.1, 0.15) is 31.4 Å². The highest BCUT2D eigenvalue weighted by atomic mass is 28.2. The SMILES string of the molecule is Cc1cccc([SiH2]C2=C(C(C)C)C=CC2)c1C. The molecule has 0 N–H and O–H groups in total. The van der Waals surface area contributed by atoms with Crippen LogP contribution >= 0.6 is 0 Å². The maximum Gasteiger partial charge on any atom is 0.0835 e. The molecular formula is C16H22Si. The summed E-state index contributed by atoms with van der Waals surface area (Å²) in [5.74, 6) is 0.682. The molecule has 1 aliphatic carbocycles. The molecule has 0 spiro atoms. The van der Waals surface area contributed by atoms with Gasteiger partial charge in [-0.25, -0.2) is 0 Å². The lowest BCUT2D eigenvalue weighted by molar-refractivity contribution is 0.790. The van der Waals surface area contributed by atoms with E-state index in [1.807, 2.05) is 0 Å². The largest absolute Gasteiger partial charge is 0.0835 e. The van der Waals surface area contributed by atoms with Gasteiger partial charge < -0.3 is 0 Å². The minimum Gasteiger partial charge on any atom is -0.0806 e. The molecule has 1 heteroatoms. The lowest BCUT2D eigenvalue weighted by Crippen LogP contribution is -2.21. The Kier molecular flexibility index (Phi) is 3.68. The highest BCUT2D eigenvalue weighted by Gasteiger charge is 2.14. The summed E-state index contributed by atoms with van der Waals surface area (Å²) in [6.07, 6.45) is 5.88. The first-order chi connectivity index (χ1) is 8.09. The Morgan fingerprint density at radius 3 is 2.65 bits per heavy atom. The van der Waals surface area contributed by atoms with E-state index in [-0.39, 0.29) is 9.52 Å². The molecule has 0 atom stereocenters. The van der Waals surface area contributed by atoms with E-state index in [0.717, 1.165) is 0 Å². The molecule has 0 bridgehead atoms. The van der Waals surface area contributed by atoms with Crippen LogP contribution in [-0.2, 0) is 0 Å². The summed E-state index contributed by atoms with van der Waals surface area (Å²) in [5.41, 5.74) is 4.56. The average molecular weight is 242 g/mol. The number of benzene rings is 1. The number of hydrogen-bond donors (Lipinski definition) is 0. The Morgan fingerprint density at radius 1 is 1.18 bits per heavy atom. The molecule has 1 aromatic rings. The monoisotopic (exact) mass is 242 g/mol. The molecule has 0 fully saturated rings. The van der Waals surface area contributed by atoms with Gasteiger partial charge in [0.15, 0.2) is 0 Å². The second kappa shape index (κ2) is 5.05. The normalized spacial score (nSPS) is 15.8. The molecule has 90 valence electrons. The van der Waals surface area contributed by atoms with E-state index in [1.54, 1.807) is 16.0 Å². The smallest absolute Gasteiger partial charge is 0.0806 e. The number of hydrogen-bond acceptors (Lipinski definition) is 0. The van der Waals surface area contributed by atoms with Gasteiger partial charge in [0.1, 0.15) is 0 Å². The first-order valence-electron chi connectivity index (χ1n) is 6.53. The van der Waals surface area contributed by atoms with Crippen LogP contribution in [0.15, 0.2) is 41.1 Å². The molecule has 0 aliphatic heterocycles. The van der Waals surface area contributed by atoms with Crippen molar-refractivity contribution in [3.8, 4) is 0 Å². The van der Waals surface area contributed by atoms with Crippen molar-refractivity contribution in [2.75, 3.05) is 0 Å². The van der Waals surface area contributed by atoms with Gasteiger partial charge in [0.25, 0.3) is 0 Å². The van der Waals surface area contributed by atoms with E-state index in [0.29, 0.717) is 5.92 Å². The van der Waals surface area contributed by atoms with Crippen LogP contribution in [0.2, 0.25) is 0 Å². The first-order valence-corrected chi connectivity index (χ1v) is 7.94. The summed E-state index contributed by atoms with van der Waals surface area (Å²) in [7, 11) is -0.258. The molecular weight excluding hydrogens is 220 g/mol. The van der Waals surface area contributed by atoms with Crippen LogP contribution < -0.4 is 5.19 Å². The molecule has 0 saturated heterocycles. The van der Waals surface area contributed by atoms with Gasteiger partial charge in [-0.1, -0.05) is 60.2 Å². The van der Waals surface area contributed by atoms with E-state index in [2.05, 4.69) is 58.0 Å². The molecule has 0 aromatic heterocycles. The van der Waals surface area contributed by atoms with E-state index < -0.39 is 0 Å². The second-order valence-corrected chi connectivity index (χ2v) is 7.32. The molecule has 0 radical (unpaired) electrons. The summed E-state index contributed by atoms with van der Waals surface area (Å²) in [5, 5.41) is 3.37. The molecule has 2 rings (SSSR count). The fourth-order valence-corrected chi connectivity index (χ4v) is 4.87. The third-order valence-electron chi connectivity index (χ3n) is 3.81. The summed E-state index contributed by atoms with van der Waals surface area (Å²) < 4.78 is 0. The molecule has 0 amide bonds. The van der Waals surface area contributed by atoms with Crippen molar-refractivity contribution in [2.24, 2.45) is 5.92 Å². The zero-order chi connectivity index (χ0) is 12.4. The van der Waals surface area contributed by atoms with Crippen molar-refractivity contribution in [3.63, 3.8) is 0 Å². The molecule has 17 heavy (non-hydrogen) atoms. The van der Waals surface area contributed by atoms with Crippen molar-refractivity contribution in [3.05, 3.63) is 52.2 Å². The van der Waals surface area contributed by atoms with Gasteiger partial charge in [0, 0.05) is 0 Å². The number of allylic oxidation sites excluding steroid dienone is 4. The Balaban J connectivity index is 2.28. The number of aryl methyl sites for hydroxylation is 1. The van der Waals surface area contributed by atoms with E-state index in [9.17, 15) is 0 Å². The zero-order valence-corrected chi connectivity index (χ0v) is 12.8. The Hall–Kier alpha value is -1.08. The van der Waals surface area contributed by atoms with E-state index >= 15 is 0 Å². The van der Waals surface area contributed by atoms with Gasteiger partial charge >= 0.3 is 0 Å². The third kappa shape index (κ3) is 2.60. The third-order valence-corrected chi connectivity index (χ3v) is 6.08. The zero-order valence-electron chi connectivity index (χ0n) is 11.4. The predicted molar refractivity (Wildman–Crippen MR) is 79.7 cm³/mol. The second-order valence-electron chi connectivity index (χ2n) is 5.36.